The van der Waals surface area contributed by atoms with Crippen LogP contribution in [0.5, 0.6) is 5.75 Å². The molecule has 0 aromatic heterocycles. The van der Waals surface area contributed by atoms with E-state index in [9.17, 15) is 50.8 Å². The molecular weight excluding hydrogens is 813 g/mol. The quantitative estimate of drug-likeness (QED) is 0.0816. The molecule has 352 valence electrons. The highest BCUT2D eigenvalue weighted by Gasteiger charge is 2.46. The van der Waals surface area contributed by atoms with E-state index in [4.69, 9.17) is 0 Å². The third-order valence-electron chi connectivity index (χ3n) is 13.8. The number of fused-ring (bicyclic) bond motifs is 2. The molecule has 12 nitrogen and oxygen atoms in total. The second-order valence-corrected chi connectivity index (χ2v) is 18.7. The van der Waals surface area contributed by atoms with Crippen LogP contribution in [0.1, 0.15) is 132 Å². The third-order valence-corrected chi connectivity index (χ3v) is 13.8. The molecule has 0 bridgehead atoms. The molecule has 3 aliphatic rings. The molecule has 2 heterocycles. The molecular formula is C52H74N2O10. The number of carbonyl (C=O) groups is 1. The predicted molar refractivity (Wildman–Crippen MR) is 249 cm³/mol. The number of hydrogen-bond acceptors (Lipinski definition) is 11. The Bertz CT molecular complexity index is 1970. The smallest absolute Gasteiger partial charge is 0.303 e. The van der Waals surface area contributed by atoms with Gasteiger partial charge in [-0.3, -0.25) is 4.79 Å². The van der Waals surface area contributed by atoms with Crippen molar-refractivity contribution in [2.45, 2.75) is 171 Å². The number of unbranched alkanes of at least 4 members (excludes halogenated alkanes) is 1. The van der Waals surface area contributed by atoms with Gasteiger partial charge in [0.2, 0.25) is 0 Å². The lowest BCUT2D eigenvalue weighted by atomic mass is 9.66. The summed E-state index contributed by atoms with van der Waals surface area (Å²) in [5.74, 6) is 4.73. The van der Waals surface area contributed by atoms with Gasteiger partial charge in [0.25, 0.3) is 0 Å². The summed E-state index contributed by atoms with van der Waals surface area (Å²) in [6, 6.07) is 11.0. The molecule has 2 aromatic rings. The average Bonchev–Trinajstić information content (AvgIpc) is 3.45. The molecule has 1 saturated heterocycles. The number of hydrogen-bond donors (Lipinski definition) is 11. The predicted octanol–water partition coefficient (Wildman–Crippen LogP) is 5.24. The van der Waals surface area contributed by atoms with Gasteiger partial charge in [-0.2, -0.15) is 0 Å². The zero-order chi connectivity index (χ0) is 46.4. The number of phenolic OH excluding ortho intramolecular Hbond substituents is 1. The second-order valence-electron chi connectivity index (χ2n) is 18.7. The van der Waals surface area contributed by atoms with Crippen LogP contribution < -0.4 is 10.6 Å². The SMILES string of the molecule is CCCCC(O)C(O)C=CC1=C(CC(O)CO)C(CCC(O)C2NC(C)CCCC2CC(=O)O)NC(C(C)(O)C2c3ccc(O)cc3C=CC2CCO)CC#Cc2ccccc2CC1. The van der Waals surface area contributed by atoms with Gasteiger partial charge in [-0.15, -0.1) is 0 Å². The summed E-state index contributed by atoms with van der Waals surface area (Å²) in [7, 11) is 0. The molecule has 0 radical (unpaired) electrons. The first-order valence-corrected chi connectivity index (χ1v) is 23.5. The number of aryl methyl sites for hydroxylation is 1. The first-order valence-electron chi connectivity index (χ1n) is 23.5. The van der Waals surface area contributed by atoms with Gasteiger partial charge in [0.1, 0.15) is 5.75 Å². The minimum Gasteiger partial charge on any atom is -0.508 e. The van der Waals surface area contributed by atoms with Crippen molar-refractivity contribution in [3.05, 3.63) is 94.1 Å². The van der Waals surface area contributed by atoms with E-state index in [0.717, 1.165) is 53.5 Å². The van der Waals surface area contributed by atoms with E-state index >= 15 is 0 Å². The molecule has 2 aromatic carbocycles. The van der Waals surface area contributed by atoms with Crippen LogP contribution in [0, 0.1) is 23.7 Å². The lowest BCUT2D eigenvalue weighted by Crippen LogP contribution is -2.57. The molecule has 12 unspecified atom stereocenters. The number of phenols is 1. The van der Waals surface area contributed by atoms with Crippen LogP contribution in [-0.4, -0.2) is 119 Å². The summed E-state index contributed by atoms with van der Waals surface area (Å²) in [5, 5.41) is 107. The van der Waals surface area contributed by atoms with Gasteiger partial charge in [0.15, 0.2) is 0 Å². The topological polar surface area (TPSA) is 223 Å². The second kappa shape index (κ2) is 24.6. The highest BCUT2D eigenvalue weighted by atomic mass is 16.4. The third kappa shape index (κ3) is 13.8. The van der Waals surface area contributed by atoms with E-state index in [2.05, 4.69) is 22.5 Å². The molecule has 5 rings (SSSR count). The average molecular weight is 887 g/mol. The van der Waals surface area contributed by atoms with Crippen molar-refractivity contribution in [3.63, 3.8) is 0 Å². The van der Waals surface area contributed by atoms with Gasteiger partial charge in [-0.25, -0.2) is 0 Å². The van der Waals surface area contributed by atoms with Crippen molar-refractivity contribution in [3.8, 4) is 17.6 Å². The van der Waals surface area contributed by atoms with Crippen LogP contribution in [-0.2, 0) is 11.2 Å². The van der Waals surface area contributed by atoms with Crippen LogP contribution in [0.4, 0.5) is 0 Å². The van der Waals surface area contributed by atoms with E-state index in [1.807, 2.05) is 56.3 Å². The Kier molecular flexibility index (Phi) is 19.6. The fraction of sp³-hybridized carbons (Fsp3) is 0.596. The first-order chi connectivity index (χ1) is 30.7. The number of benzene rings is 2. The molecule has 11 N–H and O–H groups in total. The molecule has 12 atom stereocenters. The lowest BCUT2D eigenvalue weighted by Gasteiger charge is -2.46. The minimum atomic E-state index is -1.58. The molecule has 0 amide bonds. The van der Waals surface area contributed by atoms with Crippen LogP contribution >= 0.6 is 0 Å². The molecule has 0 saturated carbocycles. The molecule has 2 aliphatic heterocycles. The summed E-state index contributed by atoms with van der Waals surface area (Å²) in [5.41, 5.74) is 3.19. The van der Waals surface area contributed by atoms with Gasteiger partial charge >= 0.3 is 5.97 Å². The molecule has 1 aliphatic carbocycles. The van der Waals surface area contributed by atoms with Crippen LogP contribution in [0.25, 0.3) is 6.08 Å². The Labute approximate surface area is 379 Å². The lowest BCUT2D eigenvalue weighted by molar-refractivity contribution is -0.138. The number of nitrogens with one attached hydrogen (secondary N) is 2. The van der Waals surface area contributed by atoms with Crippen LogP contribution in [0.3, 0.4) is 0 Å². The number of aliphatic hydroxyl groups excluding tert-OH is 6. The van der Waals surface area contributed by atoms with Crippen molar-refractivity contribution in [2.24, 2.45) is 11.8 Å². The Morgan fingerprint density at radius 1 is 1.02 bits per heavy atom. The monoisotopic (exact) mass is 887 g/mol. The highest BCUT2D eigenvalue weighted by molar-refractivity contribution is 5.67. The minimum absolute atomic E-state index is 0.00235. The Hall–Kier alpha value is -3.87. The highest BCUT2D eigenvalue weighted by Crippen LogP contribution is 2.46. The van der Waals surface area contributed by atoms with Crippen molar-refractivity contribution in [1.29, 1.82) is 0 Å². The summed E-state index contributed by atoms with van der Waals surface area (Å²) < 4.78 is 0. The number of aliphatic carboxylic acids is 1. The number of carboxylic acids is 1. The van der Waals surface area contributed by atoms with E-state index in [1.165, 1.54) is 0 Å². The van der Waals surface area contributed by atoms with Gasteiger partial charge < -0.3 is 56.6 Å². The maximum atomic E-state index is 13.2. The van der Waals surface area contributed by atoms with E-state index in [1.54, 1.807) is 31.2 Å². The van der Waals surface area contributed by atoms with Crippen LogP contribution in [0.15, 0.2) is 71.8 Å². The maximum Gasteiger partial charge on any atom is 0.303 e. The maximum absolute atomic E-state index is 13.2. The number of allylic oxidation sites excluding steroid dienone is 3. The first kappa shape index (κ1) is 51.1. The molecule has 1 fully saturated rings. The summed E-state index contributed by atoms with van der Waals surface area (Å²) in [6.07, 6.45) is 9.10. The molecule has 0 spiro atoms. The van der Waals surface area contributed by atoms with Crippen molar-refractivity contribution >= 4 is 12.0 Å². The molecule has 64 heavy (non-hydrogen) atoms. The fourth-order valence-electron chi connectivity index (χ4n) is 10.3. The number of aromatic hydroxyl groups is 1. The van der Waals surface area contributed by atoms with Crippen LogP contribution in [0.2, 0.25) is 0 Å². The number of carboxylic acid groups (broad SMARTS) is 1. The van der Waals surface area contributed by atoms with E-state index in [0.29, 0.717) is 37.7 Å². The van der Waals surface area contributed by atoms with E-state index < -0.39 is 66.6 Å². The van der Waals surface area contributed by atoms with E-state index in [-0.39, 0.29) is 62.3 Å². The Balaban J connectivity index is 1.69. The summed E-state index contributed by atoms with van der Waals surface area (Å²) in [6.45, 7) is 5.15. The standard InChI is InChI=1S/C52H74N2O10/c1-4-5-15-45(59)46(60)25-21-36-18-17-35-12-7-6-11-34(35)13-9-16-48(52(3,64)50-37(27-28-55)19-20-38-29-40(57)22-23-42(38)50)54-44(43(36)31-41(58)32-56)24-26-47(61)51-39(30-49(62)63)14-8-10-33(2)53-51/h6-7,11-12,19-23,25,29,33,37,39,41,44-48,50-51,53-61,64H,4-5,8,10,14-18,24,26-28,30-32H2,1-3H3,(H,62,63). The van der Waals surface area contributed by atoms with Gasteiger partial charge in [0, 0.05) is 55.1 Å². The number of rotatable bonds is 19. The van der Waals surface area contributed by atoms with Crippen molar-refractivity contribution < 1.29 is 50.8 Å². The fourth-order valence-corrected chi connectivity index (χ4v) is 10.3. The van der Waals surface area contributed by atoms with Gasteiger partial charge in [-0.1, -0.05) is 86.6 Å². The Morgan fingerprint density at radius 3 is 2.53 bits per heavy atom. The summed E-state index contributed by atoms with van der Waals surface area (Å²) in [4.78, 5) is 12.1. The Morgan fingerprint density at radius 2 is 1.80 bits per heavy atom. The summed E-state index contributed by atoms with van der Waals surface area (Å²) >= 11 is 0. The molecule has 12 heteroatoms. The largest absolute Gasteiger partial charge is 0.508 e. The zero-order valence-corrected chi connectivity index (χ0v) is 37.9. The zero-order valence-electron chi connectivity index (χ0n) is 37.9. The van der Waals surface area contributed by atoms with Gasteiger partial charge in [-0.05, 0) is 130 Å². The normalized spacial score (nSPS) is 27.1. The van der Waals surface area contributed by atoms with Crippen molar-refractivity contribution in [2.75, 3.05) is 13.2 Å². The van der Waals surface area contributed by atoms with Gasteiger partial charge in [0.05, 0.1) is 36.6 Å². The van der Waals surface area contributed by atoms with Crippen molar-refractivity contribution in [1.82, 2.24) is 10.6 Å². The number of aliphatic hydroxyl groups is 7.